The Morgan fingerprint density at radius 1 is 1.30 bits per heavy atom. The Kier molecular flexibility index (Phi) is 4.28. The fourth-order valence-corrected chi connectivity index (χ4v) is 2.56. The lowest BCUT2D eigenvalue weighted by Gasteiger charge is -2.42. The molecule has 1 saturated heterocycles. The van der Waals surface area contributed by atoms with E-state index in [-0.39, 0.29) is 6.04 Å². The molecule has 0 saturated carbocycles. The van der Waals surface area contributed by atoms with Gasteiger partial charge in [0.2, 0.25) is 0 Å². The Balaban J connectivity index is 2.25. The van der Waals surface area contributed by atoms with E-state index in [1.165, 1.54) is 12.1 Å². The maximum Gasteiger partial charge on any atom is 0.416 e. The van der Waals surface area contributed by atoms with Gasteiger partial charge in [-0.2, -0.15) is 13.2 Å². The van der Waals surface area contributed by atoms with Crippen LogP contribution in [0.25, 0.3) is 0 Å². The maximum absolute atomic E-state index is 12.8. The van der Waals surface area contributed by atoms with Crippen LogP contribution in [-0.2, 0) is 6.18 Å². The zero-order valence-corrected chi connectivity index (χ0v) is 12.0. The lowest BCUT2D eigenvalue weighted by molar-refractivity contribution is -0.137. The third-order valence-electron chi connectivity index (χ3n) is 3.91. The highest BCUT2D eigenvalue weighted by Crippen LogP contribution is 2.32. The molecule has 2 rings (SSSR count). The molecule has 5 heteroatoms. The summed E-state index contributed by atoms with van der Waals surface area (Å²) in [5, 5.41) is 3.45. The number of benzene rings is 1. The zero-order chi connectivity index (χ0) is 14.9. The summed E-state index contributed by atoms with van der Waals surface area (Å²) in [7, 11) is 0. The fourth-order valence-electron chi connectivity index (χ4n) is 2.56. The lowest BCUT2D eigenvalue weighted by Crippen LogP contribution is -2.57. The molecule has 2 unspecified atom stereocenters. The number of piperazine rings is 1. The molecule has 0 amide bonds. The van der Waals surface area contributed by atoms with Crippen LogP contribution in [0.1, 0.15) is 26.3 Å². The molecule has 1 aromatic rings. The van der Waals surface area contributed by atoms with Crippen molar-refractivity contribution in [1.29, 1.82) is 0 Å². The molecule has 1 fully saturated rings. The van der Waals surface area contributed by atoms with Gasteiger partial charge in [-0.25, -0.2) is 0 Å². The highest BCUT2D eigenvalue weighted by molar-refractivity contribution is 5.51. The van der Waals surface area contributed by atoms with Gasteiger partial charge in [0.05, 0.1) is 5.56 Å². The second-order valence-corrected chi connectivity index (χ2v) is 5.81. The fraction of sp³-hybridized carbons (Fsp3) is 0.600. The molecule has 1 heterocycles. The number of rotatable bonds is 2. The average Bonchev–Trinajstić information content (AvgIpc) is 2.38. The van der Waals surface area contributed by atoms with Crippen LogP contribution in [0.15, 0.2) is 24.3 Å². The Morgan fingerprint density at radius 3 is 2.60 bits per heavy atom. The summed E-state index contributed by atoms with van der Waals surface area (Å²) >= 11 is 0. The predicted molar refractivity (Wildman–Crippen MR) is 74.9 cm³/mol. The summed E-state index contributed by atoms with van der Waals surface area (Å²) in [6.07, 6.45) is -4.29. The summed E-state index contributed by atoms with van der Waals surface area (Å²) in [6, 6.07) is 6.11. The predicted octanol–water partition coefficient (Wildman–Crippen LogP) is 3.53. The van der Waals surface area contributed by atoms with Crippen LogP contribution in [0.2, 0.25) is 0 Å². The molecule has 1 aliphatic heterocycles. The first kappa shape index (κ1) is 15.2. The molecular weight excluding hydrogens is 265 g/mol. The normalized spacial score (nSPS) is 24.2. The average molecular weight is 286 g/mol. The number of hydrogen-bond donors (Lipinski definition) is 1. The van der Waals surface area contributed by atoms with Crippen molar-refractivity contribution in [2.75, 3.05) is 18.0 Å². The van der Waals surface area contributed by atoms with Gasteiger partial charge in [-0.05, 0) is 31.0 Å². The molecule has 1 N–H and O–H groups in total. The van der Waals surface area contributed by atoms with Crippen molar-refractivity contribution in [3.8, 4) is 0 Å². The summed E-state index contributed by atoms with van der Waals surface area (Å²) in [6.45, 7) is 7.80. The molecule has 2 atom stereocenters. The SMILES string of the molecule is CC(C)C1CN(c2cccc(C(F)(F)F)c2)C(C)CN1. The van der Waals surface area contributed by atoms with Crippen LogP contribution < -0.4 is 10.2 Å². The summed E-state index contributed by atoms with van der Waals surface area (Å²) in [4.78, 5) is 2.07. The Morgan fingerprint density at radius 2 is 2.00 bits per heavy atom. The monoisotopic (exact) mass is 286 g/mol. The Bertz CT molecular complexity index is 457. The van der Waals surface area contributed by atoms with Gasteiger partial charge in [0.15, 0.2) is 0 Å². The van der Waals surface area contributed by atoms with E-state index in [1.807, 2.05) is 6.92 Å². The van der Waals surface area contributed by atoms with Crippen molar-refractivity contribution in [3.05, 3.63) is 29.8 Å². The van der Waals surface area contributed by atoms with Crippen molar-refractivity contribution in [2.45, 2.75) is 39.0 Å². The van der Waals surface area contributed by atoms with Gasteiger partial charge in [0, 0.05) is 30.9 Å². The van der Waals surface area contributed by atoms with E-state index in [0.717, 1.165) is 19.2 Å². The summed E-state index contributed by atoms with van der Waals surface area (Å²) in [5.74, 6) is 0.454. The smallest absolute Gasteiger partial charge is 0.366 e. The molecule has 0 bridgehead atoms. The number of nitrogens with one attached hydrogen (secondary N) is 1. The van der Waals surface area contributed by atoms with Crippen molar-refractivity contribution in [2.24, 2.45) is 5.92 Å². The molecule has 1 aliphatic rings. The first-order valence-electron chi connectivity index (χ1n) is 6.96. The second kappa shape index (κ2) is 5.64. The van der Waals surface area contributed by atoms with Crippen LogP contribution in [0.3, 0.4) is 0 Å². The zero-order valence-electron chi connectivity index (χ0n) is 12.0. The van der Waals surface area contributed by atoms with Crippen LogP contribution in [-0.4, -0.2) is 25.2 Å². The van der Waals surface area contributed by atoms with Crippen molar-refractivity contribution >= 4 is 5.69 Å². The van der Waals surface area contributed by atoms with E-state index in [0.29, 0.717) is 17.6 Å². The van der Waals surface area contributed by atoms with Crippen LogP contribution in [0, 0.1) is 5.92 Å². The van der Waals surface area contributed by atoms with Crippen LogP contribution >= 0.6 is 0 Å². The molecule has 0 aliphatic carbocycles. The van der Waals surface area contributed by atoms with Gasteiger partial charge in [0.25, 0.3) is 0 Å². The quantitative estimate of drug-likeness (QED) is 0.894. The number of halogens is 3. The van der Waals surface area contributed by atoms with Gasteiger partial charge in [0.1, 0.15) is 0 Å². The van der Waals surface area contributed by atoms with E-state index in [1.54, 1.807) is 6.07 Å². The van der Waals surface area contributed by atoms with E-state index < -0.39 is 11.7 Å². The maximum atomic E-state index is 12.8. The van der Waals surface area contributed by atoms with E-state index in [4.69, 9.17) is 0 Å². The van der Waals surface area contributed by atoms with Gasteiger partial charge in [-0.3, -0.25) is 0 Å². The standard InChI is InChI=1S/C15H21F3N2/c1-10(2)14-9-20(11(3)8-19-14)13-6-4-5-12(7-13)15(16,17)18/h4-7,10-11,14,19H,8-9H2,1-3H3. The van der Waals surface area contributed by atoms with Crippen LogP contribution in [0.4, 0.5) is 18.9 Å². The number of nitrogens with zero attached hydrogens (tertiary/aromatic N) is 1. The largest absolute Gasteiger partial charge is 0.416 e. The highest BCUT2D eigenvalue weighted by atomic mass is 19.4. The summed E-state index contributed by atoms with van der Waals surface area (Å²) in [5.41, 5.74) is 0.0707. The van der Waals surface area contributed by atoms with Crippen molar-refractivity contribution in [3.63, 3.8) is 0 Å². The molecular formula is C15H21F3N2. The van der Waals surface area contributed by atoms with Gasteiger partial charge < -0.3 is 10.2 Å². The first-order chi connectivity index (χ1) is 9.29. The molecule has 0 aromatic heterocycles. The minimum atomic E-state index is -4.29. The Hall–Kier alpha value is -1.23. The van der Waals surface area contributed by atoms with Crippen molar-refractivity contribution in [1.82, 2.24) is 5.32 Å². The second-order valence-electron chi connectivity index (χ2n) is 5.81. The Labute approximate surface area is 118 Å². The van der Waals surface area contributed by atoms with Gasteiger partial charge >= 0.3 is 6.18 Å². The molecule has 2 nitrogen and oxygen atoms in total. The summed E-state index contributed by atoms with van der Waals surface area (Å²) < 4.78 is 38.4. The molecule has 112 valence electrons. The van der Waals surface area contributed by atoms with Crippen molar-refractivity contribution < 1.29 is 13.2 Å². The van der Waals surface area contributed by atoms with E-state index in [2.05, 4.69) is 24.1 Å². The number of anilines is 1. The van der Waals surface area contributed by atoms with E-state index >= 15 is 0 Å². The first-order valence-corrected chi connectivity index (χ1v) is 6.96. The van der Waals surface area contributed by atoms with Gasteiger partial charge in [-0.15, -0.1) is 0 Å². The third-order valence-corrected chi connectivity index (χ3v) is 3.91. The topological polar surface area (TPSA) is 15.3 Å². The number of hydrogen-bond acceptors (Lipinski definition) is 2. The molecule has 1 aromatic carbocycles. The third kappa shape index (κ3) is 3.26. The minimum absolute atomic E-state index is 0.188. The number of alkyl halides is 3. The van der Waals surface area contributed by atoms with Gasteiger partial charge in [-0.1, -0.05) is 19.9 Å². The van der Waals surface area contributed by atoms with Crippen LogP contribution in [0.5, 0.6) is 0 Å². The minimum Gasteiger partial charge on any atom is -0.366 e. The van der Waals surface area contributed by atoms with E-state index in [9.17, 15) is 13.2 Å². The highest BCUT2D eigenvalue weighted by Gasteiger charge is 2.32. The molecule has 0 spiro atoms. The lowest BCUT2D eigenvalue weighted by atomic mass is 9.99. The molecule has 20 heavy (non-hydrogen) atoms. The molecule has 0 radical (unpaired) electrons.